The molecule has 0 spiro atoms. The molecule has 136 valence electrons. The van der Waals surface area contributed by atoms with Crippen molar-refractivity contribution >= 4 is 9.05 Å². The van der Waals surface area contributed by atoms with Crippen LogP contribution in [0.2, 0.25) is 0 Å². The van der Waals surface area contributed by atoms with E-state index < -0.39 is 9.05 Å². The molecule has 0 heterocycles. The molecule has 2 fully saturated rings. The van der Waals surface area contributed by atoms with Crippen LogP contribution in [0.15, 0.2) is 0 Å². The normalized spacial score (nSPS) is 21.7. The minimum atomic E-state index is -3.01. The highest BCUT2D eigenvalue weighted by molar-refractivity contribution is 6.53. The van der Waals surface area contributed by atoms with E-state index >= 15 is 0 Å². The lowest BCUT2D eigenvalue weighted by molar-refractivity contribution is -0.0852. The van der Waals surface area contributed by atoms with Gasteiger partial charge in [0.05, 0.1) is 12.2 Å². The fourth-order valence-electron chi connectivity index (χ4n) is 3.43. The molecule has 0 aromatic heterocycles. The molecule has 2 aliphatic carbocycles. The molecule has 0 radical (unpaired) electrons. The topological polar surface area (TPSA) is 36.9 Å². The van der Waals surface area contributed by atoms with E-state index in [1.54, 1.807) is 0 Å². The molecule has 0 aromatic rings. The van der Waals surface area contributed by atoms with Crippen molar-refractivity contribution < 1.29 is 17.7 Å². The lowest BCUT2D eigenvalue weighted by Gasteiger charge is -2.36. The Balaban J connectivity index is 2.02. The highest BCUT2D eigenvalue weighted by Crippen LogP contribution is 2.29. The van der Waals surface area contributed by atoms with Crippen LogP contribution < -0.4 is 0 Å². The average molecular weight is 345 g/mol. The molecule has 2 aliphatic rings. The standard InChI is InChI=1S/C18H36O4Si/c1-3-15-19-23(20-16-4-2,21-17-11-7-5-8-12-17)22-18-13-9-6-10-14-18/h17-18H,3-16H2,1-2H3. The minimum absolute atomic E-state index is 0.257. The van der Waals surface area contributed by atoms with Gasteiger partial charge in [-0.1, -0.05) is 52.4 Å². The van der Waals surface area contributed by atoms with Crippen molar-refractivity contribution in [2.75, 3.05) is 13.2 Å². The summed E-state index contributed by atoms with van der Waals surface area (Å²) in [6.45, 7) is 5.57. The zero-order chi connectivity index (χ0) is 16.4. The van der Waals surface area contributed by atoms with Crippen LogP contribution in [0.1, 0.15) is 90.9 Å². The maximum absolute atomic E-state index is 6.46. The highest BCUT2D eigenvalue weighted by Gasteiger charge is 2.49. The van der Waals surface area contributed by atoms with Crippen molar-refractivity contribution in [2.24, 2.45) is 0 Å². The summed E-state index contributed by atoms with van der Waals surface area (Å²) in [5.74, 6) is 0. The molecule has 2 rings (SSSR count). The largest absolute Gasteiger partial charge is 0.680 e. The number of hydrogen-bond donors (Lipinski definition) is 0. The van der Waals surface area contributed by atoms with Gasteiger partial charge < -0.3 is 17.7 Å². The summed E-state index contributed by atoms with van der Waals surface area (Å²) < 4.78 is 25.2. The summed E-state index contributed by atoms with van der Waals surface area (Å²) in [6, 6.07) is 0. The van der Waals surface area contributed by atoms with Gasteiger partial charge in [0, 0.05) is 13.2 Å². The van der Waals surface area contributed by atoms with E-state index in [0.29, 0.717) is 13.2 Å². The molecular formula is C18H36O4Si. The third kappa shape index (κ3) is 6.82. The molecule has 4 nitrogen and oxygen atoms in total. The van der Waals surface area contributed by atoms with Gasteiger partial charge in [0.2, 0.25) is 0 Å². The monoisotopic (exact) mass is 344 g/mol. The van der Waals surface area contributed by atoms with Crippen LogP contribution in [0.25, 0.3) is 0 Å². The molecule has 0 atom stereocenters. The summed E-state index contributed by atoms with van der Waals surface area (Å²) in [5.41, 5.74) is 0. The van der Waals surface area contributed by atoms with E-state index in [0.717, 1.165) is 38.5 Å². The fourth-order valence-corrected chi connectivity index (χ4v) is 6.04. The molecule has 0 saturated heterocycles. The van der Waals surface area contributed by atoms with E-state index in [-0.39, 0.29) is 12.2 Å². The fraction of sp³-hybridized carbons (Fsp3) is 1.00. The second-order valence-electron chi connectivity index (χ2n) is 6.95. The van der Waals surface area contributed by atoms with Gasteiger partial charge >= 0.3 is 9.05 Å². The molecular weight excluding hydrogens is 308 g/mol. The Kier molecular flexibility index (Phi) is 9.12. The summed E-state index contributed by atoms with van der Waals surface area (Å²) >= 11 is 0. The quantitative estimate of drug-likeness (QED) is 0.524. The van der Waals surface area contributed by atoms with Crippen molar-refractivity contribution in [3.8, 4) is 0 Å². The van der Waals surface area contributed by atoms with Crippen LogP contribution in [-0.2, 0) is 17.7 Å². The van der Waals surface area contributed by atoms with Crippen LogP contribution in [-0.4, -0.2) is 34.5 Å². The van der Waals surface area contributed by atoms with Crippen LogP contribution in [0.4, 0.5) is 0 Å². The van der Waals surface area contributed by atoms with Crippen LogP contribution in [0.3, 0.4) is 0 Å². The molecule has 0 N–H and O–H groups in total. The molecule has 2 saturated carbocycles. The predicted molar refractivity (Wildman–Crippen MR) is 94.2 cm³/mol. The first-order valence-electron chi connectivity index (χ1n) is 9.91. The molecule has 0 aliphatic heterocycles. The van der Waals surface area contributed by atoms with Gasteiger partial charge in [-0.15, -0.1) is 0 Å². The zero-order valence-electron chi connectivity index (χ0n) is 15.2. The van der Waals surface area contributed by atoms with Gasteiger partial charge in [0.25, 0.3) is 0 Å². The number of rotatable bonds is 10. The van der Waals surface area contributed by atoms with Gasteiger partial charge in [-0.25, -0.2) is 0 Å². The van der Waals surface area contributed by atoms with E-state index in [1.807, 2.05) is 0 Å². The second-order valence-corrected chi connectivity index (χ2v) is 9.00. The van der Waals surface area contributed by atoms with Crippen molar-refractivity contribution in [1.29, 1.82) is 0 Å². The van der Waals surface area contributed by atoms with Gasteiger partial charge in [-0.05, 0) is 38.5 Å². The Bertz CT molecular complexity index is 271. The summed E-state index contributed by atoms with van der Waals surface area (Å²) in [4.78, 5) is 0. The SMILES string of the molecule is CCCO[Si](OCCC)(OC1CCCCC1)OC1CCCCC1. The molecule has 0 bridgehead atoms. The predicted octanol–water partition coefficient (Wildman–Crippen LogP) is 4.97. The summed E-state index contributed by atoms with van der Waals surface area (Å²) in [6.07, 6.45) is 14.6. The van der Waals surface area contributed by atoms with Gasteiger partial charge in [-0.2, -0.15) is 0 Å². The zero-order valence-corrected chi connectivity index (χ0v) is 16.2. The van der Waals surface area contributed by atoms with Crippen LogP contribution >= 0.6 is 0 Å². The van der Waals surface area contributed by atoms with E-state index in [4.69, 9.17) is 17.7 Å². The Labute approximate surface area is 143 Å². The van der Waals surface area contributed by atoms with Crippen molar-refractivity contribution in [3.63, 3.8) is 0 Å². The highest BCUT2D eigenvalue weighted by atomic mass is 28.4. The van der Waals surface area contributed by atoms with Crippen LogP contribution in [0, 0.1) is 0 Å². The van der Waals surface area contributed by atoms with E-state index in [1.165, 1.54) is 38.5 Å². The van der Waals surface area contributed by atoms with Crippen LogP contribution in [0.5, 0.6) is 0 Å². The first-order valence-corrected chi connectivity index (χ1v) is 11.5. The molecule has 0 amide bonds. The van der Waals surface area contributed by atoms with Crippen molar-refractivity contribution in [1.82, 2.24) is 0 Å². The maximum atomic E-state index is 6.46. The Morgan fingerprint density at radius 1 is 0.652 bits per heavy atom. The molecule has 0 aromatic carbocycles. The molecule has 5 heteroatoms. The average Bonchev–Trinajstić information content (AvgIpc) is 2.60. The summed E-state index contributed by atoms with van der Waals surface area (Å²) in [7, 11) is -3.01. The lowest BCUT2D eigenvalue weighted by Crippen LogP contribution is -2.54. The Morgan fingerprint density at radius 2 is 1.04 bits per heavy atom. The van der Waals surface area contributed by atoms with E-state index in [9.17, 15) is 0 Å². The third-order valence-electron chi connectivity index (χ3n) is 4.69. The first-order chi connectivity index (χ1) is 11.3. The van der Waals surface area contributed by atoms with E-state index in [2.05, 4.69) is 13.8 Å². The lowest BCUT2D eigenvalue weighted by atomic mass is 9.98. The Morgan fingerprint density at radius 3 is 1.39 bits per heavy atom. The van der Waals surface area contributed by atoms with Gasteiger partial charge in [0.15, 0.2) is 0 Å². The first kappa shape index (κ1) is 19.4. The smallest absolute Gasteiger partial charge is 0.351 e. The third-order valence-corrected chi connectivity index (χ3v) is 7.05. The van der Waals surface area contributed by atoms with Gasteiger partial charge in [0.1, 0.15) is 0 Å². The summed E-state index contributed by atoms with van der Waals surface area (Å²) in [5, 5.41) is 0. The second kappa shape index (κ2) is 10.8. The van der Waals surface area contributed by atoms with Crippen molar-refractivity contribution in [3.05, 3.63) is 0 Å². The molecule has 0 unspecified atom stereocenters. The van der Waals surface area contributed by atoms with Gasteiger partial charge in [-0.3, -0.25) is 0 Å². The minimum Gasteiger partial charge on any atom is -0.351 e. The van der Waals surface area contributed by atoms with Crippen molar-refractivity contribution in [2.45, 2.75) is 103 Å². The molecule has 23 heavy (non-hydrogen) atoms. The maximum Gasteiger partial charge on any atom is 0.680 e. The Hall–Kier alpha value is 0.0569. The number of hydrogen-bond acceptors (Lipinski definition) is 4.